The first-order valence-electron chi connectivity index (χ1n) is 5.99. The first kappa shape index (κ1) is 14.2. The molecular formula is C13H18N2O3. The highest BCUT2D eigenvalue weighted by Gasteiger charge is 2.04. The van der Waals surface area contributed by atoms with Gasteiger partial charge in [0.25, 0.3) is 5.91 Å². The molecule has 1 aromatic rings. The Morgan fingerprint density at radius 3 is 2.83 bits per heavy atom. The van der Waals surface area contributed by atoms with Gasteiger partial charge in [-0.3, -0.25) is 14.6 Å². The zero-order chi connectivity index (χ0) is 13.2. The molecule has 0 aromatic carbocycles. The Labute approximate surface area is 107 Å². The van der Waals surface area contributed by atoms with E-state index in [1.807, 2.05) is 0 Å². The number of carbonyl (C=O) groups is 2. The van der Waals surface area contributed by atoms with Crippen LogP contribution in [0.1, 0.15) is 36.0 Å². The number of carbonyl (C=O) groups excluding carboxylic acids is 2. The highest BCUT2D eigenvalue weighted by atomic mass is 16.5. The molecule has 1 heterocycles. The molecule has 0 fully saturated rings. The van der Waals surface area contributed by atoms with E-state index in [4.69, 9.17) is 0 Å². The van der Waals surface area contributed by atoms with Crippen molar-refractivity contribution in [2.45, 2.75) is 25.7 Å². The number of rotatable bonds is 7. The summed E-state index contributed by atoms with van der Waals surface area (Å²) in [6.45, 7) is 0.606. The predicted octanol–water partition coefficient (Wildman–Crippen LogP) is 1.54. The minimum absolute atomic E-state index is 0.115. The highest BCUT2D eigenvalue weighted by Crippen LogP contribution is 2.01. The summed E-state index contributed by atoms with van der Waals surface area (Å²) in [7, 11) is 1.39. The van der Waals surface area contributed by atoms with Gasteiger partial charge in [-0.15, -0.1) is 0 Å². The van der Waals surface area contributed by atoms with Gasteiger partial charge in [0.1, 0.15) is 0 Å². The Bertz CT molecular complexity index is 379. The number of ether oxygens (including phenoxy) is 1. The second-order valence-electron chi connectivity index (χ2n) is 3.88. The lowest BCUT2D eigenvalue weighted by Crippen LogP contribution is -2.24. The summed E-state index contributed by atoms with van der Waals surface area (Å²) in [6, 6.07) is 3.45. The molecule has 0 atom stereocenters. The molecule has 0 unspecified atom stereocenters. The van der Waals surface area contributed by atoms with Crippen molar-refractivity contribution in [3.8, 4) is 0 Å². The van der Waals surface area contributed by atoms with Gasteiger partial charge in [-0.25, -0.2) is 0 Å². The predicted molar refractivity (Wildman–Crippen MR) is 67.1 cm³/mol. The second kappa shape index (κ2) is 8.22. The largest absolute Gasteiger partial charge is 0.469 e. The number of unbranched alkanes of at least 4 members (excludes halogenated alkanes) is 2. The van der Waals surface area contributed by atoms with Gasteiger partial charge < -0.3 is 10.1 Å². The van der Waals surface area contributed by atoms with Gasteiger partial charge in [-0.05, 0) is 25.0 Å². The average molecular weight is 250 g/mol. The molecular weight excluding hydrogens is 232 g/mol. The van der Waals surface area contributed by atoms with Crippen LogP contribution in [-0.2, 0) is 9.53 Å². The summed E-state index contributed by atoms with van der Waals surface area (Å²) in [4.78, 5) is 26.3. The Morgan fingerprint density at radius 2 is 2.17 bits per heavy atom. The van der Waals surface area contributed by atoms with Crippen LogP contribution in [0.15, 0.2) is 24.5 Å². The van der Waals surface area contributed by atoms with Crippen LogP contribution in [0.4, 0.5) is 0 Å². The smallest absolute Gasteiger partial charge is 0.305 e. The monoisotopic (exact) mass is 250 g/mol. The highest BCUT2D eigenvalue weighted by molar-refractivity contribution is 5.93. The molecule has 0 aliphatic heterocycles. The fourth-order valence-corrected chi connectivity index (χ4v) is 1.47. The van der Waals surface area contributed by atoms with Crippen molar-refractivity contribution in [3.63, 3.8) is 0 Å². The molecule has 0 radical (unpaired) electrons. The summed E-state index contributed by atoms with van der Waals surface area (Å²) in [5, 5.41) is 2.81. The van der Waals surface area contributed by atoms with Crippen molar-refractivity contribution in [2.24, 2.45) is 0 Å². The first-order valence-corrected chi connectivity index (χ1v) is 5.99. The van der Waals surface area contributed by atoms with E-state index < -0.39 is 0 Å². The molecule has 98 valence electrons. The van der Waals surface area contributed by atoms with Gasteiger partial charge in [0.2, 0.25) is 0 Å². The number of aromatic nitrogens is 1. The van der Waals surface area contributed by atoms with Gasteiger partial charge in [0.15, 0.2) is 0 Å². The number of hydrogen-bond donors (Lipinski definition) is 1. The quantitative estimate of drug-likeness (QED) is 0.589. The fourth-order valence-electron chi connectivity index (χ4n) is 1.47. The van der Waals surface area contributed by atoms with E-state index in [1.165, 1.54) is 13.3 Å². The number of esters is 1. The molecule has 1 aromatic heterocycles. The number of pyridine rings is 1. The third kappa shape index (κ3) is 5.43. The van der Waals surface area contributed by atoms with Gasteiger partial charge in [-0.2, -0.15) is 0 Å². The third-order valence-corrected chi connectivity index (χ3v) is 2.49. The fraction of sp³-hybridized carbons (Fsp3) is 0.462. The molecule has 18 heavy (non-hydrogen) atoms. The number of nitrogens with zero attached hydrogens (tertiary/aromatic N) is 1. The molecule has 5 heteroatoms. The molecule has 0 spiro atoms. The van der Waals surface area contributed by atoms with Gasteiger partial charge in [-0.1, -0.05) is 6.42 Å². The normalized spacial score (nSPS) is 9.83. The van der Waals surface area contributed by atoms with Crippen molar-refractivity contribution in [1.82, 2.24) is 10.3 Å². The lowest BCUT2D eigenvalue weighted by molar-refractivity contribution is -0.140. The molecule has 0 aliphatic rings. The molecule has 1 N–H and O–H groups in total. The summed E-state index contributed by atoms with van der Waals surface area (Å²) >= 11 is 0. The van der Waals surface area contributed by atoms with Crippen molar-refractivity contribution in [2.75, 3.05) is 13.7 Å². The van der Waals surface area contributed by atoms with E-state index in [-0.39, 0.29) is 11.9 Å². The van der Waals surface area contributed by atoms with Gasteiger partial charge in [0.05, 0.1) is 12.7 Å². The standard InChI is InChI=1S/C13H18N2O3/c1-18-12(16)7-3-2-4-9-15-13(17)11-6-5-8-14-10-11/h5-6,8,10H,2-4,7,9H2,1H3,(H,15,17). The van der Waals surface area contributed by atoms with Gasteiger partial charge >= 0.3 is 5.97 Å². The minimum Gasteiger partial charge on any atom is -0.469 e. The van der Waals surface area contributed by atoms with Crippen LogP contribution in [0, 0.1) is 0 Å². The lowest BCUT2D eigenvalue weighted by atomic mass is 10.2. The maximum Gasteiger partial charge on any atom is 0.305 e. The van der Waals surface area contributed by atoms with E-state index in [2.05, 4.69) is 15.0 Å². The summed E-state index contributed by atoms with van der Waals surface area (Å²) in [6.07, 6.45) is 6.13. The molecule has 0 bridgehead atoms. The molecule has 0 saturated heterocycles. The van der Waals surface area contributed by atoms with Gasteiger partial charge in [0, 0.05) is 25.4 Å². The minimum atomic E-state index is -0.186. The Kier molecular flexibility index (Phi) is 6.46. The van der Waals surface area contributed by atoms with Crippen molar-refractivity contribution >= 4 is 11.9 Å². The topological polar surface area (TPSA) is 68.3 Å². The van der Waals surface area contributed by atoms with E-state index >= 15 is 0 Å². The van der Waals surface area contributed by atoms with E-state index in [0.29, 0.717) is 18.5 Å². The van der Waals surface area contributed by atoms with Crippen LogP contribution in [-0.4, -0.2) is 30.5 Å². The Balaban J connectivity index is 2.08. The summed E-state index contributed by atoms with van der Waals surface area (Å²) < 4.78 is 4.54. The van der Waals surface area contributed by atoms with Crippen LogP contribution in [0.3, 0.4) is 0 Å². The molecule has 1 rings (SSSR count). The molecule has 5 nitrogen and oxygen atoms in total. The van der Waals surface area contributed by atoms with Crippen molar-refractivity contribution < 1.29 is 14.3 Å². The Hall–Kier alpha value is -1.91. The summed E-state index contributed by atoms with van der Waals surface area (Å²) in [5.41, 5.74) is 0.562. The SMILES string of the molecule is COC(=O)CCCCCNC(=O)c1cccnc1. The Morgan fingerprint density at radius 1 is 1.33 bits per heavy atom. The van der Waals surface area contributed by atoms with E-state index in [1.54, 1.807) is 18.3 Å². The number of nitrogens with one attached hydrogen (secondary N) is 1. The van der Waals surface area contributed by atoms with Crippen LogP contribution in [0.5, 0.6) is 0 Å². The van der Waals surface area contributed by atoms with E-state index in [9.17, 15) is 9.59 Å². The molecule has 0 aliphatic carbocycles. The summed E-state index contributed by atoms with van der Waals surface area (Å²) in [5.74, 6) is -0.300. The van der Waals surface area contributed by atoms with Crippen LogP contribution in [0.25, 0.3) is 0 Å². The average Bonchev–Trinajstić information content (AvgIpc) is 2.43. The first-order chi connectivity index (χ1) is 8.74. The number of amides is 1. The molecule has 0 saturated carbocycles. The van der Waals surface area contributed by atoms with Crippen LogP contribution < -0.4 is 5.32 Å². The zero-order valence-electron chi connectivity index (χ0n) is 10.5. The molecule has 1 amide bonds. The van der Waals surface area contributed by atoms with E-state index in [0.717, 1.165) is 19.3 Å². The number of hydrogen-bond acceptors (Lipinski definition) is 4. The third-order valence-electron chi connectivity index (χ3n) is 2.49. The van der Waals surface area contributed by atoms with Crippen molar-refractivity contribution in [3.05, 3.63) is 30.1 Å². The maximum absolute atomic E-state index is 11.6. The number of methoxy groups -OCH3 is 1. The maximum atomic E-state index is 11.6. The van der Waals surface area contributed by atoms with Crippen molar-refractivity contribution in [1.29, 1.82) is 0 Å². The van der Waals surface area contributed by atoms with Crippen LogP contribution >= 0.6 is 0 Å². The lowest BCUT2D eigenvalue weighted by Gasteiger charge is -2.04. The second-order valence-corrected chi connectivity index (χ2v) is 3.88. The zero-order valence-corrected chi connectivity index (χ0v) is 10.5. The van der Waals surface area contributed by atoms with Crippen LogP contribution in [0.2, 0.25) is 0 Å².